The molecule has 1 heteroatoms. The summed E-state index contributed by atoms with van der Waals surface area (Å²) in [5.41, 5.74) is 1.32. The standard InChI is InChI=1S/C15H20O/c1-5-6-7-12(2)13(3)14-8-10-15(16-4)11-9-14/h8-13H,5H2,1-4H3. The molecule has 1 aromatic rings. The Kier molecular flexibility index (Phi) is 4.92. The molecular formula is C15H20O. The minimum Gasteiger partial charge on any atom is -0.497 e. The van der Waals surface area contributed by atoms with Crippen molar-refractivity contribution in [3.63, 3.8) is 0 Å². The van der Waals surface area contributed by atoms with Crippen molar-refractivity contribution in [2.24, 2.45) is 5.92 Å². The van der Waals surface area contributed by atoms with E-state index in [-0.39, 0.29) is 0 Å². The first kappa shape index (κ1) is 12.6. The zero-order chi connectivity index (χ0) is 12.0. The summed E-state index contributed by atoms with van der Waals surface area (Å²) < 4.78 is 5.15. The Bertz CT molecular complexity index is 367. The third-order valence-corrected chi connectivity index (χ3v) is 2.90. The van der Waals surface area contributed by atoms with E-state index < -0.39 is 0 Å². The van der Waals surface area contributed by atoms with E-state index in [0.29, 0.717) is 11.8 Å². The van der Waals surface area contributed by atoms with Crippen molar-refractivity contribution in [2.75, 3.05) is 7.11 Å². The lowest BCUT2D eigenvalue weighted by molar-refractivity contribution is 0.414. The van der Waals surface area contributed by atoms with Gasteiger partial charge in [-0.3, -0.25) is 0 Å². The van der Waals surface area contributed by atoms with Crippen LogP contribution in [-0.2, 0) is 0 Å². The molecule has 0 amide bonds. The number of hydrogen-bond acceptors (Lipinski definition) is 1. The second-order valence-corrected chi connectivity index (χ2v) is 4.03. The molecule has 0 aromatic heterocycles. The van der Waals surface area contributed by atoms with Crippen molar-refractivity contribution < 1.29 is 4.74 Å². The fourth-order valence-electron chi connectivity index (χ4n) is 1.58. The van der Waals surface area contributed by atoms with Crippen LogP contribution in [0, 0.1) is 17.8 Å². The maximum absolute atomic E-state index is 5.15. The monoisotopic (exact) mass is 216 g/mol. The van der Waals surface area contributed by atoms with Crippen LogP contribution < -0.4 is 4.74 Å². The first-order chi connectivity index (χ1) is 7.69. The van der Waals surface area contributed by atoms with Gasteiger partial charge in [0, 0.05) is 12.3 Å². The molecule has 0 saturated heterocycles. The van der Waals surface area contributed by atoms with Gasteiger partial charge in [0.05, 0.1) is 7.11 Å². The Morgan fingerprint density at radius 3 is 2.31 bits per heavy atom. The van der Waals surface area contributed by atoms with Crippen LogP contribution in [0.1, 0.15) is 38.7 Å². The van der Waals surface area contributed by atoms with Gasteiger partial charge < -0.3 is 4.74 Å². The minimum absolute atomic E-state index is 0.397. The predicted octanol–water partition coefficient (Wildman–Crippen LogP) is 3.85. The van der Waals surface area contributed by atoms with Crippen molar-refractivity contribution in [2.45, 2.75) is 33.1 Å². The lowest BCUT2D eigenvalue weighted by atomic mass is 9.89. The first-order valence-corrected chi connectivity index (χ1v) is 5.81. The zero-order valence-corrected chi connectivity index (χ0v) is 10.6. The molecule has 0 bridgehead atoms. The highest BCUT2D eigenvalue weighted by molar-refractivity contribution is 5.30. The lowest BCUT2D eigenvalue weighted by Crippen LogP contribution is -2.03. The molecule has 0 heterocycles. The van der Waals surface area contributed by atoms with Gasteiger partial charge in [-0.15, -0.1) is 5.92 Å². The summed E-state index contributed by atoms with van der Waals surface area (Å²) in [6.07, 6.45) is 0.930. The van der Waals surface area contributed by atoms with Crippen molar-refractivity contribution in [3.05, 3.63) is 29.8 Å². The molecule has 1 nitrogen and oxygen atoms in total. The summed E-state index contributed by atoms with van der Waals surface area (Å²) >= 11 is 0. The highest BCUT2D eigenvalue weighted by Crippen LogP contribution is 2.25. The summed E-state index contributed by atoms with van der Waals surface area (Å²) in [5.74, 6) is 8.19. The molecule has 2 unspecified atom stereocenters. The molecule has 1 aromatic carbocycles. The van der Waals surface area contributed by atoms with Crippen LogP contribution in [0.15, 0.2) is 24.3 Å². The molecule has 0 aliphatic rings. The van der Waals surface area contributed by atoms with Gasteiger partial charge in [-0.05, 0) is 23.6 Å². The van der Waals surface area contributed by atoms with Crippen LogP contribution in [0.2, 0.25) is 0 Å². The quantitative estimate of drug-likeness (QED) is 0.697. The van der Waals surface area contributed by atoms with Gasteiger partial charge in [0.15, 0.2) is 0 Å². The Morgan fingerprint density at radius 1 is 1.19 bits per heavy atom. The van der Waals surface area contributed by atoms with E-state index in [1.165, 1.54) is 5.56 Å². The number of rotatable bonds is 3. The molecule has 16 heavy (non-hydrogen) atoms. The van der Waals surface area contributed by atoms with Gasteiger partial charge in [-0.1, -0.05) is 38.8 Å². The lowest BCUT2D eigenvalue weighted by Gasteiger charge is -2.15. The van der Waals surface area contributed by atoms with Gasteiger partial charge in [-0.2, -0.15) is 0 Å². The first-order valence-electron chi connectivity index (χ1n) is 5.81. The third kappa shape index (κ3) is 3.31. The Morgan fingerprint density at radius 2 is 1.81 bits per heavy atom. The largest absolute Gasteiger partial charge is 0.497 e. The molecule has 0 aliphatic heterocycles. The number of ether oxygens (including phenoxy) is 1. The summed E-state index contributed by atoms with van der Waals surface area (Å²) in [6.45, 7) is 6.48. The topological polar surface area (TPSA) is 9.23 Å². The van der Waals surface area contributed by atoms with Crippen LogP contribution >= 0.6 is 0 Å². The summed E-state index contributed by atoms with van der Waals surface area (Å²) in [7, 11) is 1.69. The number of hydrogen-bond donors (Lipinski definition) is 0. The average molecular weight is 216 g/mol. The number of benzene rings is 1. The SMILES string of the molecule is CCC#CC(C)C(C)c1ccc(OC)cc1. The minimum atomic E-state index is 0.397. The van der Waals surface area contributed by atoms with Crippen molar-refractivity contribution >= 4 is 0 Å². The third-order valence-electron chi connectivity index (χ3n) is 2.90. The molecule has 0 N–H and O–H groups in total. The van der Waals surface area contributed by atoms with E-state index in [0.717, 1.165) is 12.2 Å². The van der Waals surface area contributed by atoms with Crippen LogP contribution in [0.3, 0.4) is 0 Å². The highest BCUT2D eigenvalue weighted by Gasteiger charge is 2.11. The predicted molar refractivity (Wildman–Crippen MR) is 68.6 cm³/mol. The smallest absolute Gasteiger partial charge is 0.118 e. The van der Waals surface area contributed by atoms with Gasteiger partial charge in [0.1, 0.15) is 5.75 Å². The molecule has 0 radical (unpaired) electrons. The van der Waals surface area contributed by atoms with E-state index in [1.807, 2.05) is 12.1 Å². The zero-order valence-electron chi connectivity index (χ0n) is 10.6. The maximum atomic E-state index is 5.15. The molecule has 0 spiro atoms. The van der Waals surface area contributed by atoms with E-state index >= 15 is 0 Å². The highest BCUT2D eigenvalue weighted by atomic mass is 16.5. The van der Waals surface area contributed by atoms with Gasteiger partial charge in [0.2, 0.25) is 0 Å². The fourth-order valence-corrected chi connectivity index (χ4v) is 1.58. The van der Waals surface area contributed by atoms with E-state index in [2.05, 4.69) is 44.7 Å². The van der Waals surface area contributed by atoms with E-state index in [4.69, 9.17) is 4.74 Å². The van der Waals surface area contributed by atoms with Gasteiger partial charge >= 0.3 is 0 Å². The molecule has 1 rings (SSSR count). The van der Waals surface area contributed by atoms with E-state index in [9.17, 15) is 0 Å². The summed E-state index contributed by atoms with van der Waals surface area (Å²) in [5, 5.41) is 0. The Labute approximate surface area is 98.8 Å². The Balaban J connectivity index is 2.75. The van der Waals surface area contributed by atoms with Crippen LogP contribution in [0.4, 0.5) is 0 Å². The molecule has 0 saturated carbocycles. The van der Waals surface area contributed by atoms with Gasteiger partial charge in [-0.25, -0.2) is 0 Å². The second kappa shape index (κ2) is 6.23. The summed E-state index contributed by atoms with van der Waals surface area (Å²) in [4.78, 5) is 0. The van der Waals surface area contributed by atoms with Crippen LogP contribution in [-0.4, -0.2) is 7.11 Å². The molecule has 86 valence electrons. The number of methoxy groups -OCH3 is 1. The van der Waals surface area contributed by atoms with Crippen LogP contribution in [0.25, 0.3) is 0 Å². The van der Waals surface area contributed by atoms with E-state index in [1.54, 1.807) is 7.11 Å². The van der Waals surface area contributed by atoms with Crippen LogP contribution in [0.5, 0.6) is 5.75 Å². The molecule has 0 aliphatic carbocycles. The molecule has 2 atom stereocenters. The van der Waals surface area contributed by atoms with Crippen molar-refractivity contribution in [1.29, 1.82) is 0 Å². The summed E-state index contributed by atoms with van der Waals surface area (Å²) in [6, 6.07) is 8.25. The fraction of sp³-hybridized carbons (Fsp3) is 0.467. The maximum Gasteiger partial charge on any atom is 0.118 e. The second-order valence-electron chi connectivity index (χ2n) is 4.03. The Hall–Kier alpha value is -1.42. The normalized spacial score (nSPS) is 13.5. The molecule has 0 fully saturated rings. The van der Waals surface area contributed by atoms with Crippen molar-refractivity contribution in [1.82, 2.24) is 0 Å². The van der Waals surface area contributed by atoms with Gasteiger partial charge in [0.25, 0.3) is 0 Å². The average Bonchev–Trinajstić information content (AvgIpc) is 2.35. The molecular weight excluding hydrogens is 196 g/mol. The van der Waals surface area contributed by atoms with Crippen molar-refractivity contribution in [3.8, 4) is 17.6 Å².